The molecule has 2 amide bonds. The van der Waals surface area contributed by atoms with E-state index in [2.05, 4.69) is 36.0 Å². The molecule has 2 fully saturated rings. The Balaban J connectivity index is 1.26. The van der Waals surface area contributed by atoms with Gasteiger partial charge in [-0.25, -0.2) is 28.2 Å². The molecule has 15 heteroatoms. The highest BCUT2D eigenvalue weighted by Crippen LogP contribution is 2.30. The Hall–Kier alpha value is -4.27. The highest BCUT2D eigenvalue weighted by atomic mass is 32.2. The molecule has 3 aromatic rings. The first-order valence-corrected chi connectivity index (χ1v) is 15.2. The maximum atomic E-state index is 13.1. The summed E-state index contributed by atoms with van der Waals surface area (Å²) in [6.07, 6.45) is 6.73. The van der Waals surface area contributed by atoms with Crippen LogP contribution in [0.2, 0.25) is 0 Å². The van der Waals surface area contributed by atoms with Crippen LogP contribution in [0, 0.1) is 0 Å². The molecular formula is C27H35N9O5S. The first-order valence-electron chi connectivity index (χ1n) is 13.7. The molecule has 224 valence electrons. The van der Waals surface area contributed by atoms with E-state index in [4.69, 9.17) is 4.74 Å². The Morgan fingerprint density at radius 1 is 1.10 bits per heavy atom. The van der Waals surface area contributed by atoms with Crippen LogP contribution in [-0.4, -0.2) is 85.5 Å². The summed E-state index contributed by atoms with van der Waals surface area (Å²) in [5, 5.41) is 13.0. The molecule has 1 aliphatic heterocycles. The zero-order valence-electron chi connectivity index (χ0n) is 24.2. The van der Waals surface area contributed by atoms with Crippen molar-refractivity contribution in [3.63, 3.8) is 0 Å². The fraction of sp³-hybridized carbons (Fsp3) is 0.481. The maximum Gasteiger partial charge on any atom is 0.410 e. The molecule has 0 unspecified atom stereocenters. The molecule has 0 aromatic carbocycles. The predicted molar refractivity (Wildman–Crippen MR) is 156 cm³/mol. The van der Waals surface area contributed by atoms with Crippen molar-refractivity contribution in [2.45, 2.75) is 70.4 Å². The van der Waals surface area contributed by atoms with E-state index >= 15 is 0 Å². The fourth-order valence-electron chi connectivity index (χ4n) is 4.22. The second kappa shape index (κ2) is 11.2. The Morgan fingerprint density at radius 2 is 1.83 bits per heavy atom. The van der Waals surface area contributed by atoms with Gasteiger partial charge in [-0.1, -0.05) is 0 Å². The minimum atomic E-state index is -3.49. The second-order valence-electron chi connectivity index (χ2n) is 11.7. The van der Waals surface area contributed by atoms with Crippen LogP contribution >= 0.6 is 0 Å². The van der Waals surface area contributed by atoms with Crippen molar-refractivity contribution >= 4 is 39.3 Å². The summed E-state index contributed by atoms with van der Waals surface area (Å²) in [5.74, 6) is 0.851. The predicted octanol–water partition coefficient (Wildman–Crippen LogP) is 2.99. The number of pyridine rings is 1. The number of amides is 2. The van der Waals surface area contributed by atoms with Crippen molar-refractivity contribution in [3.8, 4) is 11.4 Å². The lowest BCUT2D eigenvalue weighted by Gasteiger charge is -2.40. The molecule has 1 saturated carbocycles. The summed E-state index contributed by atoms with van der Waals surface area (Å²) < 4.78 is 31.3. The van der Waals surface area contributed by atoms with Crippen LogP contribution in [0.25, 0.3) is 11.4 Å². The molecule has 5 rings (SSSR count). The number of ether oxygens (including phenoxy) is 1. The molecule has 2 aliphatic rings. The van der Waals surface area contributed by atoms with Gasteiger partial charge in [-0.15, -0.1) is 0 Å². The molecule has 3 aromatic heterocycles. The van der Waals surface area contributed by atoms with E-state index in [-0.39, 0.29) is 23.2 Å². The van der Waals surface area contributed by atoms with Crippen LogP contribution in [0.5, 0.6) is 0 Å². The van der Waals surface area contributed by atoms with Crippen LogP contribution in [0.15, 0.2) is 36.9 Å². The normalized spacial score (nSPS) is 15.7. The van der Waals surface area contributed by atoms with Gasteiger partial charge >= 0.3 is 6.09 Å². The van der Waals surface area contributed by atoms with E-state index in [0.29, 0.717) is 60.2 Å². The van der Waals surface area contributed by atoms with Crippen molar-refractivity contribution in [1.29, 1.82) is 0 Å². The Labute approximate surface area is 244 Å². The van der Waals surface area contributed by atoms with Crippen LogP contribution in [0.4, 0.5) is 22.1 Å². The molecule has 0 bridgehead atoms. The van der Waals surface area contributed by atoms with Crippen LogP contribution in [-0.2, 0) is 14.8 Å². The van der Waals surface area contributed by atoms with Gasteiger partial charge in [0.15, 0.2) is 5.82 Å². The van der Waals surface area contributed by atoms with Gasteiger partial charge in [0.05, 0.1) is 40.5 Å². The molecule has 42 heavy (non-hydrogen) atoms. The van der Waals surface area contributed by atoms with Gasteiger partial charge in [-0.2, -0.15) is 9.19 Å². The summed E-state index contributed by atoms with van der Waals surface area (Å²) in [4.78, 5) is 40.0. The Bertz CT molecular complexity index is 1590. The third kappa shape index (κ3) is 6.78. The molecule has 0 radical (unpaired) electrons. The monoisotopic (exact) mass is 597 g/mol. The Kier molecular flexibility index (Phi) is 7.79. The fourth-order valence-corrected chi connectivity index (χ4v) is 5.70. The first kappa shape index (κ1) is 29.2. The molecule has 1 aliphatic carbocycles. The number of carbonyl (C=O) groups is 2. The van der Waals surface area contributed by atoms with Gasteiger partial charge in [-0.05, 0) is 53.5 Å². The minimum Gasteiger partial charge on any atom is -0.444 e. The van der Waals surface area contributed by atoms with Crippen molar-refractivity contribution in [3.05, 3.63) is 42.5 Å². The summed E-state index contributed by atoms with van der Waals surface area (Å²) >= 11 is 0. The molecule has 3 N–H and O–H groups in total. The molecule has 14 nitrogen and oxygen atoms in total. The molecule has 4 heterocycles. The Morgan fingerprint density at radius 3 is 2.50 bits per heavy atom. The highest BCUT2D eigenvalue weighted by molar-refractivity contribution is 7.90. The highest BCUT2D eigenvalue weighted by Gasteiger charge is 2.38. The second-order valence-corrected chi connectivity index (χ2v) is 13.8. The standard InChI is InChI=1S/C27H35N9O5S/c1-16(2)31-21-10-23(29-12-20(21)25(37)32-18-14-35(15-18)26(38)41-27(3,4)5)33-22-8-9-28-24(34-22)17-11-30-36(13-17)42(39,40)19-6-7-19/h8-13,16,18-19H,6-7,14-15H2,1-5H3,(H,32,37)(H2,28,29,31,33,34). The number of rotatable bonds is 9. The van der Waals surface area contributed by atoms with E-state index in [1.165, 1.54) is 18.6 Å². The van der Waals surface area contributed by atoms with Gasteiger partial charge in [-0.3, -0.25) is 4.79 Å². The number of nitrogens with zero attached hydrogens (tertiary/aromatic N) is 6. The summed E-state index contributed by atoms with van der Waals surface area (Å²) in [6, 6.07) is 3.20. The molecule has 1 saturated heterocycles. The molecule has 0 spiro atoms. The lowest BCUT2D eigenvalue weighted by atomic mass is 10.1. The molecular weight excluding hydrogens is 562 g/mol. The summed E-state index contributed by atoms with van der Waals surface area (Å²) in [6.45, 7) is 10.1. The average Bonchev–Trinajstić information content (AvgIpc) is 3.62. The third-order valence-electron chi connectivity index (χ3n) is 6.40. The van der Waals surface area contributed by atoms with Crippen LogP contribution < -0.4 is 16.0 Å². The molecule has 0 atom stereocenters. The van der Waals surface area contributed by atoms with Crippen molar-refractivity contribution in [1.82, 2.24) is 34.4 Å². The van der Waals surface area contributed by atoms with Crippen molar-refractivity contribution in [2.75, 3.05) is 23.7 Å². The zero-order chi connectivity index (χ0) is 30.2. The SMILES string of the molecule is CC(C)Nc1cc(Nc2ccnc(-c3cnn(S(=O)(=O)C4CC4)c3)n2)ncc1C(=O)NC1CN(C(=O)OC(C)(C)C)C1. The van der Waals surface area contributed by atoms with E-state index in [1.54, 1.807) is 23.2 Å². The average molecular weight is 598 g/mol. The number of aromatic nitrogens is 5. The number of hydrogen-bond donors (Lipinski definition) is 3. The van der Waals surface area contributed by atoms with Gasteiger partial charge in [0.1, 0.15) is 17.2 Å². The van der Waals surface area contributed by atoms with Crippen molar-refractivity contribution in [2.24, 2.45) is 0 Å². The zero-order valence-corrected chi connectivity index (χ0v) is 25.0. The number of anilines is 3. The maximum absolute atomic E-state index is 13.1. The van der Waals surface area contributed by atoms with Crippen LogP contribution in [0.1, 0.15) is 57.8 Å². The van der Waals surface area contributed by atoms with E-state index < -0.39 is 21.7 Å². The summed E-state index contributed by atoms with van der Waals surface area (Å²) in [7, 11) is -3.49. The smallest absolute Gasteiger partial charge is 0.410 e. The lowest BCUT2D eigenvalue weighted by molar-refractivity contribution is 0.00533. The number of carbonyl (C=O) groups excluding carboxylic acids is 2. The topological polar surface area (TPSA) is 173 Å². The first-order chi connectivity index (χ1) is 19.8. The van der Waals surface area contributed by atoms with E-state index in [1.807, 2.05) is 34.6 Å². The van der Waals surface area contributed by atoms with Crippen LogP contribution in [0.3, 0.4) is 0 Å². The van der Waals surface area contributed by atoms with Crippen molar-refractivity contribution < 1.29 is 22.7 Å². The summed E-state index contributed by atoms with van der Waals surface area (Å²) in [5.41, 5.74) is 0.813. The third-order valence-corrected chi connectivity index (χ3v) is 8.43. The largest absolute Gasteiger partial charge is 0.444 e. The van der Waals surface area contributed by atoms with Gasteiger partial charge in [0.25, 0.3) is 15.9 Å². The van der Waals surface area contributed by atoms with Gasteiger partial charge < -0.3 is 25.6 Å². The van der Waals surface area contributed by atoms with Gasteiger partial charge in [0, 0.05) is 37.6 Å². The number of likely N-dealkylation sites (tertiary alicyclic amines) is 1. The van der Waals surface area contributed by atoms with E-state index in [0.717, 1.165) is 4.09 Å². The van der Waals surface area contributed by atoms with E-state index in [9.17, 15) is 18.0 Å². The number of nitrogens with one attached hydrogen (secondary N) is 3. The van der Waals surface area contributed by atoms with Gasteiger partial charge in [0.2, 0.25) is 0 Å². The quantitative estimate of drug-likeness (QED) is 0.331. The lowest BCUT2D eigenvalue weighted by Crippen LogP contribution is -2.61. The minimum absolute atomic E-state index is 0.0345. The number of hydrogen-bond acceptors (Lipinski definition) is 11.